The lowest BCUT2D eigenvalue weighted by molar-refractivity contribution is 0.103. The zero-order chi connectivity index (χ0) is 11.4. The van der Waals surface area contributed by atoms with Crippen LogP contribution in [0.5, 0.6) is 0 Å². The number of rotatable bonds is 3. The number of thioether (sulfide) groups is 1. The van der Waals surface area contributed by atoms with Gasteiger partial charge < -0.3 is 0 Å². The molecule has 1 heterocycles. The molecule has 2 rings (SSSR count). The van der Waals surface area contributed by atoms with E-state index in [1.807, 2.05) is 24.5 Å². The molecule has 0 unspecified atom stereocenters. The number of carbonyl (C=O) groups is 1. The van der Waals surface area contributed by atoms with Crippen molar-refractivity contribution in [3.8, 4) is 0 Å². The van der Waals surface area contributed by atoms with E-state index in [2.05, 4.69) is 9.97 Å². The fraction of sp³-hybridized carbons (Fsp3) is 0.0833. The van der Waals surface area contributed by atoms with E-state index in [-0.39, 0.29) is 5.78 Å². The molecule has 0 N–H and O–H groups in total. The summed E-state index contributed by atoms with van der Waals surface area (Å²) in [5, 5.41) is 0.800. The molecule has 0 saturated carbocycles. The van der Waals surface area contributed by atoms with Crippen molar-refractivity contribution in [1.82, 2.24) is 9.97 Å². The van der Waals surface area contributed by atoms with Crippen molar-refractivity contribution in [3.63, 3.8) is 0 Å². The van der Waals surface area contributed by atoms with Gasteiger partial charge in [-0.1, -0.05) is 30.3 Å². The second-order valence-electron chi connectivity index (χ2n) is 3.14. The van der Waals surface area contributed by atoms with Crippen LogP contribution in [0.2, 0.25) is 0 Å². The van der Waals surface area contributed by atoms with Crippen molar-refractivity contribution in [2.24, 2.45) is 0 Å². The van der Waals surface area contributed by atoms with Crippen molar-refractivity contribution in [2.75, 3.05) is 6.26 Å². The Balaban J connectivity index is 2.34. The summed E-state index contributed by atoms with van der Waals surface area (Å²) < 4.78 is 0. The summed E-state index contributed by atoms with van der Waals surface area (Å²) in [4.78, 5) is 20.0. The highest BCUT2D eigenvalue weighted by Gasteiger charge is 2.10. The summed E-state index contributed by atoms with van der Waals surface area (Å²) in [6, 6.07) is 10.8. The predicted octanol–water partition coefficient (Wildman–Crippen LogP) is 2.43. The monoisotopic (exact) mass is 230 g/mol. The highest BCUT2D eigenvalue weighted by atomic mass is 32.2. The van der Waals surface area contributed by atoms with Crippen LogP contribution in [0.1, 0.15) is 16.1 Å². The molecular formula is C12H10N2OS. The third-order valence-electron chi connectivity index (χ3n) is 2.12. The second-order valence-corrected chi connectivity index (χ2v) is 3.97. The van der Waals surface area contributed by atoms with Crippen LogP contribution in [0, 0.1) is 0 Å². The van der Waals surface area contributed by atoms with Gasteiger partial charge in [0.05, 0.1) is 5.03 Å². The number of ketones is 1. The molecule has 4 heteroatoms. The van der Waals surface area contributed by atoms with Crippen LogP contribution in [-0.4, -0.2) is 22.0 Å². The Morgan fingerprint density at radius 3 is 2.62 bits per heavy atom. The van der Waals surface area contributed by atoms with Crippen LogP contribution in [0.25, 0.3) is 0 Å². The van der Waals surface area contributed by atoms with Crippen molar-refractivity contribution in [1.29, 1.82) is 0 Å². The smallest absolute Gasteiger partial charge is 0.211 e. The minimum atomic E-state index is -0.0710. The van der Waals surface area contributed by atoms with Gasteiger partial charge in [-0.3, -0.25) is 4.79 Å². The molecule has 0 amide bonds. The van der Waals surface area contributed by atoms with Crippen LogP contribution in [0.15, 0.2) is 47.8 Å². The van der Waals surface area contributed by atoms with E-state index < -0.39 is 0 Å². The quantitative estimate of drug-likeness (QED) is 0.461. The van der Waals surface area contributed by atoms with E-state index in [9.17, 15) is 4.79 Å². The molecule has 0 bridgehead atoms. The Morgan fingerprint density at radius 2 is 1.94 bits per heavy atom. The van der Waals surface area contributed by atoms with E-state index in [0.717, 1.165) is 5.03 Å². The van der Waals surface area contributed by atoms with Gasteiger partial charge in [-0.2, -0.15) is 0 Å². The maximum absolute atomic E-state index is 12.0. The van der Waals surface area contributed by atoms with Gasteiger partial charge in [-0.05, 0) is 6.26 Å². The molecule has 1 aromatic heterocycles. The molecule has 0 spiro atoms. The SMILES string of the molecule is CSc1cc(C(=O)c2ccccc2)ncn1. The van der Waals surface area contributed by atoms with Crippen molar-refractivity contribution in [3.05, 3.63) is 54.0 Å². The molecule has 16 heavy (non-hydrogen) atoms. The van der Waals surface area contributed by atoms with Gasteiger partial charge in [0.1, 0.15) is 12.0 Å². The first-order valence-corrected chi connectivity index (χ1v) is 5.99. The number of benzene rings is 1. The van der Waals surface area contributed by atoms with Gasteiger partial charge in [0.2, 0.25) is 5.78 Å². The summed E-state index contributed by atoms with van der Waals surface area (Å²) in [5.41, 5.74) is 1.08. The summed E-state index contributed by atoms with van der Waals surface area (Å²) in [7, 11) is 0. The van der Waals surface area contributed by atoms with Gasteiger partial charge in [0, 0.05) is 11.6 Å². The highest BCUT2D eigenvalue weighted by molar-refractivity contribution is 7.98. The van der Waals surface area contributed by atoms with Crippen LogP contribution >= 0.6 is 11.8 Å². The first-order chi connectivity index (χ1) is 7.81. The molecule has 80 valence electrons. The third kappa shape index (κ3) is 2.28. The Labute approximate surface area is 97.9 Å². The first kappa shape index (κ1) is 10.8. The standard InChI is InChI=1S/C12H10N2OS/c1-16-11-7-10(13-8-14-11)12(15)9-5-3-2-4-6-9/h2-8H,1H3. The lowest BCUT2D eigenvalue weighted by Gasteiger charge is -2.01. The Hall–Kier alpha value is -1.68. The van der Waals surface area contributed by atoms with Gasteiger partial charge >= 0.3 is 0 Å². The molecule has 0 saturated heterocycles. The van der Waals surface area contributed by atoms with E-state index in [1.165, 1.54) is 18.1 Å². The summed E-state index contributed by atoms with van der Waals surface area (Å²) >= 11 is 1.49. The normalized spacial score (nSPS) is 10.1. The zero-order valence-corrected chi connectivity index (χ0v) is 9.57. The molecular weight excluding hydrogens is 220 g/mol. The topological polar surface area (TPSA) is 42.9 Å². The zero-order valence-electron chi connectivity index (χ0n) is 8.75. The molecule has 0 atom stereocenters. The summed E-state index contributed by atoms with van der Waals surface area (Å²) in [5.74, 6) is -0.0710. The molecule has 0 radical (unpaired) electrons. The Bertz CT molecular complexity index is 499. The Morgan fingerprint density at radius 1 is 1.19 bits per heavy atom. The maximum atomic E-state index is 12.0. The molecule has 0 fully saturated rings. The molecule has 2 aromatic rings. The van der Waals surface area contributed by atoms with E-state index in [1.54, 1.807) is 18.2 Å². The lowest BCUT2D eigenvalue weighted by atomic mass is 10.1. The second kappa shape index (κ2) is 4.90. The minimum absolute atomic E-state index is 0.0710. The average molecular weight is 230 g/mol. The van der Waals surface area contributed by atoms with Gasteiger partial charge in [0.25, 0.3) is 0 Å². The van der Waals surface area contributed by atoms with Gasteiger partial charge in [-0.15, -0.1) is 11.8 Å². The fourth-order valence-corrected chi connectivity index (χ4v) is 1.69. The van der Waals surface area contributed by atoms with E-state index in [0.29, 0.717) is 11.3 Å². The summed E-state index contributed by atoms with van der Waals surface area (Å²) in [6.07, 6.45) is 3.33. The van der Waals surface area contributed by atoms with E-state index >= 15 is 0 Å². The fourth-order valence-electron chi connectivity index (χ4n) is 1.31. The molecule has 0 aliphatic heterocycles. The van der Waals surface area contributed by atoms with Gasteiger partial charge in [-0.25, -0.2) is 9.97 Å². The Kier molecular flexibility index (Phi) is 3.31. The average Bonchev–Trinajstić information content (AvgIpc) is 2.39. The predicted molar refractivity (Wildman–Crippen MR) is 63.7 cm³/mol. The number of hydrogen-bond acceptors (Lipinski definition) is 4. The van der Waals surface area contributed by atoms with E-state index in [4.69, 9.17) is 0 Å². The number of carbonyl (C=O) groups excluding carboxylic acids is 1. The molecule has 0 aliphatic rings. The molecule has 0 aliphatic carbocycles. The largest absolute Gasteiger partial charge is 0.287 e. The first-order valence-electron chi connectivity index (χ1n) is 4.77. The molecule has 1 aromatic carbocycles. The minimum Gasteiger partial charge on any atom is -0.287 e. The third-order valence-corrected chi connectivity index (χ3v) is 2.76. The van der Waals surface area contributed by atoms with Crippen LogP contribution < -0.4 is 0 Å². The van der Waals surface area contributed by atoms with Crippen LogP contribution in [0.3, 0.4) is 0 Å². The number of nitrogens with zero attached hydrogens (tertiary/aromatic N) is 2. The maximum Gasteiger partial charge on any atom is 0.211 e. The van der Waals surface area contributed by atoms with Crippen molar-refractivity contribution < 1.29 is 4.79 Å². The number of hydrogen-bond donors (Lipinski definition) is 0. The lowest BCUT2D eigenvalue weighted by Crippen LogP contribution is -2.04. The van der Waals surface area contributed by atoms with Crippen molar-refractivity contribution in [2.45, 2.75) is 5.03 Å². The van der Waals surface area contributed by atoms with Crippen LogP contribution in [0.4, 0.5) is 0 Å². The highest BCUT2D eigenvalue weighted by Crippen LogP contribution is 2.13. The molecule has 3 nitrogen and oxygen atoms in total. The summed E-state index contributed by atoms with van der Waals surface area (Å²) in [6.45, 7) is 0. The number of aromatic nitrogens is 2. The van der Waals surface area contributed by atoms with Crippen LogP contribution in [-0.2, 0) is 0 Å². The van der Waals surface area contributed by atoms with Crippen molar-refractivity contribution >= 4 is 17.5 Å². The van der Waals surface area contributed by atoms with Gasteiger partial charge in [0.15, 0.2) is 0 Å².